The van der Waals surface area contributed by atoms with Crippen molar-refractivity contribution in [1.82, 2.24) is 9.71 Å². The number of nitrogens with two attached hydrogens (primary N) is 1. The van der Waals surface area contributed by atoms with E-state index in [1.54, 1.807) is 0 Å². The maximum Gasteiger partial charge on any atom is 0.396 e. The summed E-state index contributed by atoms with van der Waals surface area (Å²) in [6.07, 6.45) is 1.29. The molecule has 0 unspecified atom stereocenters. The minimum atomic E-state index is -3.06. The molecular weight excluding hydrogens is 254 g/mol. The van der Waals surface area contributed by atoms with Crippen molar-refractivity contribution in [2.75, 3.05) is 5.73 Å². The van der Waals surface area contributed by atoms with Crippen molar-refractivity contribution in [2.24, 2.45) is 0 Å². The normalized spacial score (nSPS) is 12.2. The summed E-state index contributed by atoms with van der Waals surface area (Å²) in [6.45, 7) is 7.39. The molecule has 0 aromatic carbocycles. The fourth-order valence-corrected chi connectivity index (χ4v) is 3.34. The molecule has 1 aromatic heterocycles. The number of hydrogen-bond donors (Lipinski definition) is 2. The molecular formula is C10H19N3O4Si. The van der Waals surface area contributed by atoms with Crippen LogP contribution in [0.2, 0.25) is 11.1 Å². The van der Waals surface area contributed by atoms with E-state index in [-0.39, 0.29) is 16.9 Å². The van der Waals surface area contributed by atoms with Crippen molar-refractivity contribution in [3.05, 3.63) is 22.7 Å². The molecule has 8 heteroatoms. The van der Waals surface area contributed by atoms with E-state index in [2.05, 4.69) is 4.98 Å². The van der Waals surface area contributed by atoms with E-state index < -0.39 is 14.3 Å². The number of nitrogen functional groups attached to an aromatic ring is 1. The SMILES string of the molecule is CC(C)[Si](O)(OOn1ccc(N)nc1=O)C(C)C. The Bertz CT molecular complexity index is 453. The fraction of sp³-hybridized carbons (Fsp3) is 0.600. The Hall–Kier alpha value is -1.38. The Kier molecular flexibility index (Phi) is 4.49. The van der Waals surface area contributed by atoms with Crippen LogP contribution in [0.4, 0.5) is 5.82 Å². The molecule has 1 aromatic rings. The molecule has 0 atom stereocenters. The lowest BCUT2D eigenvalue weighted by Gasteiger charge is -2.29. The second-order valence-electron chi connectivity index (χ2n) is 4.68. The highest BCUT2D eigenvalue weighted by Gasteiger charge is 2.44. The van der Waals surface area contributed by atoms with Crippen molar-refractivity contribution >= 4 is 14.4 Å². The summed E-state index contributed by atoms with van der Waals surface area (Å²) in [6, 6.07) is 1.40. The molecule has 0 saturated heterocycles. The van der Waals surface area contributed by atoms with Gasteiger partial charge in [0.1, 0.15) is 5.82 Å². The number of aromatic nitrogens is 2. The fourth-order valence-electron chi connectivity index (χ4n) is 1.42. The summed E-state index contributed by atoms with van der Waals surface area (Å²) in [5.41, 5.74) is 4.50. The lowest BCUT2D eigenvalue weighted by molar-refractivity contribution is -0.238. The summed E-state index contributed by atoms with van der Waals surface area (Å²) < 4.78 is 5.93. The molecule has 0 fully saturated rings. The van der Waals surface area contributed by atoms with Crippen molar-refractivity contribution in [2.45, 2.75) is 38.8 Å². The van der Waals surface area contributed by atoms with Crippen molar-refractivity contribution in [3.8, 4) is 0 Å². The molecule has 1 heterocycles. The van der Waals surface area contributed by atoms with Gasteiger partial charge in [0.25, 0.3) is 0 Å². The van der Waals surface area contributed by atoms with Crippen LogP contribution in [0.25, 0.3) is 0 Å². The monoisotopic (exact) mass is 273 g/mol. The number of nitrogens with zero attached hydrogens (tertiary/aromatic N) is 2. The van der Waals surface area contributed by atoms with E-state index in [4.69, 9.17) is 15.3 Å². The van der Waals surface area contributed by atoms with Crippen LogP contribution in [0.3, 0.4) is 0 Å². The Morgan fingerprint density at radius 1 is 1.39 bits per heavy atom. The van der Waals surface area contributed by atoms with Crippen LogP contribution in [0.15, 0.2) is 17.1 Å². The molecule has 102 valence electrons. The van der Waals surface area contributed by atoms with E-state index >= 15 is 0 Å². The van der Waals surface area contributed by atoms with E-state index in [0.29, 0.717) is 0 Å². The quantitative estimate of drug-likeness (QED) is 0.459. The van der Waals surface area contributed by atoms with Gasteiger partial charge in [-0.15, -0.1) is 0 Å². The topological polar surface area (TPSA) is 99.6 Å². The van der Waals surface area contributed by atoms with Crippen LogP contribution >= 0.6 is 0 Å². The molecule has 0 aliphatic heterocycles. The van der Waals surface area contributed by atoms with Gasteiger partial charge in [0.2, 0.25) is 0 Å². The van der Waals surface area contributed by atoms with Crippen LogP contribution in [-0.2, 0) is 4.58 Å². The zero-order chi connectivity index (χ0) is 13.9. The number of hydrogen-bond acceptors (Lipinski definition) is 6. The number of rotatable bonds is 5. The summed E-state index contributed by atoms with van der Waals surface area (Å²) >= 11 is 0. The van der Waals surface area contributed by atoms with Gasteiger partial charge in [0.05, 0.1) is 6.20 Å². The smallest absolute Gasteiger partial charge is 0.396 e. The molecule has 0 saturated carbocycles. The van der Waals surface area contributed by atoms with E-state index in [1.807, 2.05) is 27.7 Å². The largest absolute Gasteiger partial charge is 0.408 e. The summed E-state index contributed by atoms with van der Waals surface area (Å²) in [5.74, 6) is 0.0973. The molecule has 0 aliphatic carbocycles. The van der Waals surface area contributed by atoms with Gasteiger partial charge in [-0.05, 0) is 0 Å². The minimum absolute atomic E-state index is 0.0741. The average Bonchev–Trinajstić information content (AvgIpc) is 2.26. The highest BCUT2D eigenvalue weighted by Crippen LogP contribution is 2.29. The minimum Gasteiger partial charge on any atom is -0.408 e. The van der Waals surface area contributed by atoms with Crippen molar-refractivity contribution < 1.29 is 14.4 Å². The predicted octanol–water partition coefficient (Wildman–Crippen LogP) is 0.440. The van der Waals surface area contributed by atoms with Gasteiger partial charge in [-0.25, -0.2) is 9.78 Å². The van der Waals surface area contributed by atoms with E-state index in [0.717, 1.165) is 4.73 Å². The van der Waals surface area contributed by atoms with Gasteiger partial charge in [-0.2, -0.15) is 9.56 Å². The maximum atomic E-state index is 11.4. The molecule has 1 rings (SSSR count). The van der Waals surface area contributed by atoms with Gasteiger partial charge in [0, 0.05) is 17.1 Å². The van der Waals surface area contributed by atoms with Crippen LogP contribution in [0.1, 0.15) is 27.7 Å². The first-order chi connectivity index (χ1) is 8.27. The molecule has 3 N–H and O–H groups in total. The van der Waals surface area contributed by atoms with Gasteiger partial charge in [0.15, 0.2) is 0 Å². The molecule has 0 radical (unpaired) electrons. The van der Waals surface area contributed by atoms with Crippen molar-refractivity contribution in [1.29, 1.82) is 0 Å². The maximum absolute atomic E-state index is 11.4. The van der Waals surface area contributed by atoms with E-state index in [9.17, 15) is 9.59 Å². The third-order valence-corrected chi connectivity index (χ3v) is 6.35. The van der Waals surface area contributed by atoms with Crippen LogP contribution in [0.5, 0.6) is 0 Å². The second-order valence-corrected chi connectivity index (χ2v) is 8.66. The molecule has 18 heavy (non-hydrogen) atoms. The third-order valence-electron chi connectivity index (χ3n) is 2.70. The average molecular weight is 273 g/mol. The van der Waals surface area contributed by atoms with Gasteiger partial charge >= 0.3 is 14.3 Å². The van der Waals surface area contributed by atoms with Crippen LogP contribution in [-0.4, -0.2) is 23.1 Å². The molecule has 0 aliphatic rings. The first-order valence-electron chi connectivity index (χ1n) is 5.71. The summed E-state index contributed by atoms with van der Waals surface area (Å²) in [7, 11) is -3.06. The molecule has 0 spiro atoms. The van der Waals surface area contributed by atoms with Crippen molar-refractivity contribution in [3.63, 3.8) is 0 Å². The summed E-state index contributed by atoms with van der Waals surface area (Å²) in [5, 5.41) is 0. The van der Waals surface area contributed by atoms with Crippen LogP contribution in [0, 0.1) is 0 Å². The van der Waals surface area contributed by atoms with Gasteiger partial charge in [-0.3, -0.25) is 0 Å². The summed E-state index contributed by atoms with van der Waals surface area (Å²) in [4.78, 5) is 30.2. The van der Waals surface area contributed by atoms with E-state index in [1.165, 1.54) is 12.3 Å². The number of anilines is 1. The second kappa shape index (κ2) is 5.51. The standard InChI is InChI=1S/C10H19N3O4Si/c1-7(2)18(15,8(3)4)17-16-13-6-5-9(11)12-10(13)14/h5-8,15H,1-4H3,(H2,11,12,14). The predicted molar refractivity (Wildman–Crippen MR) is 68.7 cm³/mol. The third kappa shape index (κ3) is 3.09. The Morgan fingerprint density at radius 3 is 2.39 bits per heavy atom. The Morgan fingerprint density at radius 2 is 1.94 bits per heavy atom. The highest BCUT2D eigenvalue weighted by atomic mass is 28.4. The molecule has 0 amide bonds. The first kappa shape index (κ1) is 14.7. The molecule has 7 nitrogen and oxygen atoms in total. The Labute approximate surface area is 106 Å². The van der Waals surface area contributed by atoms with Crippen LogP contribution < -0.4 is 16.4 Å². The zero-order valence-corrected chi connectivity index (χ0v) is 12.0. The first-order valence-corrected chi connectivity index (χ1v) is 7.72. The lowest BCUT2D eigenvalue weighted by atomic mass is 10.5. The van der Waals surface area contributed by atoms with Gasteiger partial charge < -0.3 is 10.5 Å². The molecule has 0 bridgehead atoms. The lowest BCUT2D eigenvalue weighted by Crippen LogP contribution is -2.48. The highest BCUT2D eigenvalue weighted by molar-refractivity contribution is 6.68. The Balaban J connectivity index is 2.83. The zero-order valence-electron chi connectivity index (χ0n) is 11.0. The van der Waals surface area contributed by atoms with Gasteiger partial charge in [-0.1, -0.05) is 32.4 Å².